The Bertz CT molecular complexity index is 873. The van der Waals surface area contributed by atoms with Crippen LogP contribution in [0.2, 0.25) is 0 Å². The molecule has 4 aliphatic carbocycles. The second kappa shape index (κ2) is 19.6. The molecular formula is C35H60N4O3. The molecule has 0 heterocycles. The zero-order valence-electron chi connectivity index (χ0n) is 26.9. The Hall–Kier alpha value is -1.62. The fourth-order valence-electron chi connectivity index (χ4n) is 7.25. The van der Waals surface area contributed by atoms with Crippen LogP contribution in [0.5, 0.6) is 0 Å². The van der Waals surface area contributed by atoms with Gasteiger partial charge in [-0.3, -0.25) is 0 Å². The van der Waals surface area contributed by atoms with E-state index in [-0.39, 0.29) is 48.6 Å². The van der Waals surface area contributed by atoms with Gasteiger partial charge in [0.05, 0.1) is 60.7 Å². The van der Waals surface area contributed by atoms with Gasteiger partial charge in [-0.25, -0.2) is 20.4 Å². The Kier molecular flexibility index (Phi) is 16.3. The van der Waals surface area contributed by atoms with E-state index in [1.54, 1.807) is 0 Å². The first kappa shape index (κ1) is 34.9. The maximum absolute atomic E-state index is 9.18. The maximum atomic E-state index is 9.18. The summed E-state index contributed by atoms with van der Waals surface area (Å²) in [5.41, 5.74) is 0. The highest BCUT2D eigenvalue weighted by Gasteiger charge is 2.34. The Morgan fingerprint density at radius 3 is 1.71 bits per heavy atom. The molecule has 0 spiro atoms. The normalized spacial score (nSPS) is 34.8. The van der Waals surface area contributed by atoms with Gasteiger partial charge >= 0.3 is 0 Å². The summed E-state index contributed by atoms with van der Waals surface area (Å²) in [5, 5.41) is 16.5. The fraction of sp³-hybridized carbons (Fsp3) is 0.886. The lowest BCUT2D eigenvalue weighted by Gasteiger charge is -2.37. The summed E-state index contributed by atoms with van der Waals surface area (Å²) in [7, 11) is 0. The molecule has 4 saturated carbocycles. The molecule has 42 heavy (non-hydrogen) atoms. The van der Waals surface area contributed by atoms with Gasteiger partial charge in [0.25, 0.3) is 0 Å². The number of nitrogens with one attached hydrogen (secondary N) is 1. The van der Waals surface area contributed by atoms with Crippen LogP contribution in [-0.2, 0) is 9.47 Å². The topological polar surface area (TPSA) is 99.6 Å². The molecule has 7 nitrogen and oxygen atoms in total. The van der Waals surface area contributed by atoms with Crippen LogP contribution in [-0.4, -0.2) is 65.8 Å². The summed E-state index contributed by atoms with van der Waals surface area (Å²) in [6.07, 6.45) is 22.4. The van der Waals surface area contributed by atoms with Gasteiger partial charge in [-0.1, -0.05) is 78.2 Å². The molecule has 10 atom stereocenters. The summed E-state index contributed by atoms with van der Waals surface area (Å²) >= 11 is 0. The minimum atomic E-state index is 0.00347. The zero-order chi connectivity index (χ0) is 30.2. The standard InChI is InChI=1S/C28H46N4O2.C7H14O/c1-4-21-13-7-8-14-22(21)31-20-32-24-16-10-12-18-28(24)34-26(6-3)25(5-2)33-27-17-11-9-15-23(27)30-19-29;1-6-4-2-3-5-7(6)8/h4,21-29H,1,5-18H2,2-3H3;6-8H,2-5H2,1H3. The summed E-state index contributed by atoms with van der Waals surface area (Å²) in [6.45, 7) is 10.5. The van der Waals surface area contributed by atoms with Crippen LogP contribution >= 0.6 is 0 Å². The van der Waals surface area contributed by atoms with Crippen molar-refractivity contribution < 1.29 is 14.6 Å². The molecular weight excluding hydrogens is 524 g/mol. The second-order valence-corrected chi connectivity index (χ2v) is 13.1. The monoisotopic (exact) mass is 584 g/mol. The highest BCUT2D eigenvalue weighted by Crippen LogP contribution is 2.31. The van der Waals surface area contributed by atoms with Crippen molar-refractivity contribution in [1.29, 1.82) is 5.41 Å². The summed E-state index contributed by atoms with van der Waals surface area (Å²) in [5.74, 6) is 1.02. The van der Waals surface area contributed by atoms with Crippen molar-refractivity contribution in [2.75, 3.05) is 0 Å². The molecule has 0 aromatic heterocycles. The van der Waals surface area contributed by atoms with Gasteiger partial charge in [0.15, 0.2) is 0 Å². The summed E-state index contributed by atoms with van der Waals surface area (Å²) in [6, 6.07) is 5.81. The lowest BCUT2D eigenvalue weighted by atomic mass is 9.85. The van der Waals surface area contributed by atoms with Gasteiger partial charge in [0, 0.05) is 0 Å². The first-order chi connectivity index (χ1) is 20.5. The molecule has 238 valence electrons. The average molecular weight is 585 g/mol. The van der Waals surface area contributed by atoms with Crippen LogP contribution in [0.15, 0.2) is 27.6 Å². The van der Waals surface area contributed by atoms with Gasteiger partial charge in [0.2, 0.25) is 0 Å². The van der Waals surface area contributed by atoms with E-state index in [9.17, 15) is 5.11 Å². The minimum absolute atomic E-state index is 0.00347. The van der Waals surface area contributed by atoms with Crippen molar-refractivity contribution >= 4 is 12.0 Å². The van der Waals surface area contributed by atoms with Crippen LogP contribution < -0.4 is 0 Å². The van der Waals surface area contributed by atoms with Gasteiger partial charge in [-0.2, -0.15) is 0 Å². The lowest BCUT2D eigenvalue weighted by Crippen LogP contribution is -2.43. The fourth-order valence-corrected chi connectivity index (χ4v) is 7.25. The van der Waals surface area contributed by atoms with E-state index in [1.807, 2.05) is 0 Å². The van der Waals surface area contributed by atoms with Crippen LogP contribution in [0.25, 0.3) is 0 Å². The highest BCUT2D eigenvalue weighted by molar-refractivity contribution is 5.42. The Morgan fingerprint density at radius 2 is 1.21 bits per heavy atom. The van der Waals surface area contributed by atoms with Gasteiger partial charge in [-0.05, 0) is 76.0 Å². The number of nitrogens with zero attached hydrogens (tertiary/aromatic N) is 3. The van der Waals surface area contributed by atoms with Crippen molar-refractivity contribution in [2.45, 2.75) is 185 Å². The number of aliphatic hydroxyl groups is 1. The van der Waals surface area contributed by atoms with Crippen molar-refractivity contribution in [3.8, 4) is 0 Å². The number of rotatable bonds is 11. The van der Waals surface area contributed by atoms with Gasteiger partial charge in [-0.15, -0.1) is 6.58 Å². The highest BCUT2D eigenvalue weighted by atomic mass is 16.6. The number of aliphatic hydroxyl groups excluding tert-OH is 1. The molecule has 0 aromatic rings. The maximum Gasteiger partial charge on any atom is 0.0899 e. The van der Waals surface area contributed by atoms with Crippen LogP contribution in [0, 0.1) is 17.2 Å². The third-order valence-corrected chi connectivity index (χ3v) is 10.1. The van der Waals surface area contributed by atoms with Crippen molar-refractivity contribution in [3.05, 3.63) is 12.7 Å². The molecule has 0 radical (unpaired) electrons. The molecule has 7 heteroatoms. The summed E-state index contributed by atoms with van der Waals surface area (Å²) < 4.78 is 13.3. The van der Waals surface area contributed by atoms with E-state index >= 15 is 0 Å². The number of aliphatic imine (C=N–C) groups is 3. The van der Waals surface area contributed by atoms with E-state index in [1.165, 1.54) is 51.4 Å². The lowest BCUT2D eigenvalue weighted by molar-refractivity contribution is -0.142. The number of hydrogen-bond acceptors (Lipinski definition) is 7. The zero-order valence-corrected chi connectivity index (χ0v) is 26.9. The third-order valence-electron chi connectivity index (χ3n) is 10.1. The largest absolute Gasteiger partial charge is 0.393 e. The van der Waals surface area contributed by atoms with Crippen LogP contribution in [0.4, 0.5) is 0 Å². The predicted molar refractivity (Wildman–Crippen MR) is 172 cm³/mol. The number of hydrogen-bond donors (Lipinski definition) is 2. The molecule has 4 aliphatic rings. The average Bonchev–Trinajstić information content (AvgIpc) is 3.02. The van der Waals surface area contributed by atoms with Crippen LogP contribution in [0.3, 0.4) is 0 Å². The Balaban J connectivity index is 0.000000521. The quantitative estimate of drug-likeness (QED) is 0.188. The van der Waals surface area contributed by atoms with Crippen molar-refractivity contribution in [3.63, 3.8) is 0 Å². The van der Waals surface area contributed by atoms with E-state index in [0.717, 1.165) is 64.2 Å². The molecule has 4 fully saturated rings. The smallest absolute Gasteiger partial charge is 0.0899 e. The van der Waals surface area contributed by atoms with E-state index in [2.05, 4.69) is 50.4 Å². The molecule has 10 unspecified atom stereocenters. The van der Waals surface area contributed by atoms with E-state index in [4.69, 9.17) is 24.9 Å². The van der Waals surface area contributed by atoms with E-state index < -0.39 is 0 Å². The number of ether oxygens (including phenoxy) is 2. The van der Waals surface area contributed by atoms with Crippen LogP contribution in [0.1, 0.15) is 136 Å². The first-order valence-corrected chi connectivity index (χ1v) is 17.4. The van der Waals surface area contributed by atoms with E-state index in [0.29, 0.717) is 11.8 Å². The Morgan fingerprint density at radius 1 is 0.738 bits per heavy atom. The van der Waals surface area contributed by atoms with Crippen molar-refractivity contribution in [1.82, 2.24) is 0 Å². The molecule has 0 bridgehead atoms. The SMILES string of the molecule is C=CC1CCCCC1N=C=NC1CCCCC1OC(CC)C(CC)OC1CCCCC1N=C=N.CC1CCCCC1O. The molecule has 0 saturated heterocycles. The molecule has 4 rings (SSSR count). The Labute approximate surface area is 256 Å². The second-order valence-electron chi connectivity index (χ2n) is 13.1. The molecule has 0 aliphatic heterocycles. The summed E-state index contributed by atoms with van der Waals surface area (Å²) in [4.78, 5) is 13.8. The van der Waals surface area contributed by atoms with Gasteiger partial charge < -0.3 is 14.6 Å². The van der Waals surface area contributed by atoms with Crippen molar-refractivity contribution in [2.24, 2.45) is 26.8 Å². The first-order valence-electron chi connectivity index (χ1n) is 17.4. The third kappa shape index (κ3) is 11.1. The van der Waals surface area contributed by atoms with Gasteiger partial charge in [0.1, 0.15) is 0 Å². The minimum Gasteiger partial charge on any atom is -0.393 e. The molecule has 0 aromatic carbocycles. The molecule has 0 amide bonds. The molecule has 2 N–H and O–H groups in total. The predicted octanol–water partition coefficient (Wildman–Crippen LogP) is 8.43.